The van der Waals surface area contributed by atoms with E-state index in [9.17, 15) is 4.39 Å². The molecule has 2 N–H and O–H groups in total. The molecule has 0 aromatic heterocycles. The Balaban J connectivity index is 2.34. The van der Waals surface area contributed by atoms with Crippen LogP contribution in [0.1, 0.15) is 18.1 Å². The molecule has 0 aliphatic carbocycles. The van der Waals surface area contributed by atoms with E-state index in [1.165, 1.54) is 6.07 Å². The molecule has 0 bridgehead atoms. The third-order valence-electron chi connectivity index (χ3n) is 3.27. The van der Waals surface area contributed by atoms with Crippen molar-refractivity contribution < 1.29 is 13.9 Å². The SMILES string of the molecule is CCNC(=NCCOCCOC)NCCc1ccc(F)cc1C. The summed E-state index contributed by atoms with van der Waals surface area (Å²) < 4.78 is 23.4. The second-order valence-electron chi connectivity index (χ2n) is 5.11. The van der Waals surface area contributed by atoms with E-state index in [0.29, 0.717) is 26.4 Å². The van der Waals surface area contributed by atoms with Crippen molar-refractivity contribution in [1.29, 1.82) is 0 Å². The van der Waals surface area contributed by atoms with Gasteiger partial charge in [0.2, 0.25) is 0 Å². The highest BCUT2D eigenvalue weighted by molar-refractivity contribution is 5.79. The zero-order valence-electron chi connectivity index (χ0n) is 14.3. The molecule has 0 spiro atoms. The fourth-order valence-electron chi connectivity index (χ4n) is 2.06. The molecule has 6 heteroatoms. The number of halogens is 1. The van der Waals surface area contributed by atoms with Crippen LogP contribution in [0, 0.1) is 12.7 Å². The lowest BCUT2D eigenvalue weighted by atomic mass is 10.1. The number of rotatable bonds is 10. The van der Waals surface area contributed by atoms with Crippen LogP contribution in [-0.2, 0) is 15.9 Å². The number of ether oxygens (including phenoxy) is 2. The van der Waals surface area contributed by atoms with Gasteiger partial charge in [0, 0.05) is 20.2 Å². The molecule has 0 fully saturated rings. The maximum Gasteiger partial charge on any atom is 0.191 e. The van der Waals surface area contributed by atoms with Crippen LogP contribution in [0.2, 0.25) is 0 Å². The molecule has 5 nitrogen and oxygen atoms in total. The molecule has 23 heavy (non-hydrogen) atoms. The Labute approximate surface area is 138 Å². The topological polar surface area (TPSA) is 54.9 Å². The molecule has 0 saturated carbocycles. The van der Waals surface area contributed by atoms with Crippen LogP contribution >= 0.6 is 0 Å². The van der Waals surface area contributed by atoms with E-state index >= 15 is 0 Å². The summed E-state index contributed by atoms with van der Waals surface area (Å²) in [7, 11) is 1.65. The smallest absolute Gasteiger partial charge is 0.191 e. The van der Waals surface area contributed by atoms with Crippen LogP contribution in [0.3, 0.4) is 0 Å². The number of aliphatic imine (C=N–C) groups is 1. The summed E-state index contributed by atoms with van der Waals surface area (Å²) in [6, 6.07) is 4.89. The quantitative estimate of drug-likeness (QED) is 0.392. The van der Waals surface area contributed by atoms with E-state index in [-0.39, 0.29) is 5.82 Å². The Morgan fingerprint density at radius 1 is 1.22 bits per heavy atom. The van der Waals surface area contributed by atoms with Gasteiger partial charge < -0.3 is 20.1 Å². The van der Waals surface area contributed by atoms with Gasteiger partial charge in [-0.1, -0.05) is 6.07 Å². The van der Waals surface area contributed by atoms with Crippen molar-refractivity contribution in [3.05, 3.63) is 35.1 Å². The van der Waals surface area contributed by atoms with Crippen LogP contribution in [0.25, 0.3) is 0 Å². The Morgan fingerprint density at radius 2 is 2.04 bits per heavy atom. The number of hydrogen-bond acceptors (Lipinski definition) is 3. The average molecular weight is 325 g/mol. The van der Waals surface area contributed by atoms with E-state index in [2.05, 4.69) is 15.6 Å². The lowest BCUT2D eigenvalue weighted by Gasteiger charge is -2.12. The van der Waals surface area contributed by atoms with Crippen molar-refractivity contribution in [2.45, 2.75) is 20.3 Å². The Hall–Kier alpha value is -1.66. The molecule has 0 aliphatic rings. The fourth-order valence-corrected chi connectivity index (χ4v) is 2.06. The highest BCUT2D eigenvalue weighted by Crippen LogP contribution is 2.10. The third kappa shape index (κ3) is 8.52. The molecule has 0 aliphatic heterocycles. The lowest BCUT2D eigenvalue weighted by Crippen LogP contribution is -2.38. The van der Waals surface area contributed by atoms with Gasteiger partial charge in [-0.25, -0.2) is 4.39 Å². The molecule has 0 radical (unpaired) electrons. The number of nitrogens with zero attached hydrogens (tertiary/aromatic N) is 1. The summed E-state index contributed by atoms with van der Waals surface area (Å²) in [5, 5.41) is 6.47. The molecule has 0 atom stereocenters. The van der Waals surface area contributed by atoms with Gasteiger partial charge in [-0.3, -0.25) is 4.99 Å². The van der Waals surface area contributed by atoms with E-state index in [1.807, 2.05) is 19.9 Å². The monoisotopic (exact) mass is 325 g/mol. The predicted octanol–water partition coefficient (Wildman–Crippen LogP) is 1.89. The van der Waals surface area contributed by atoms with Crippen LogP contribution in [0.15, 0.2) is 23.2 Å². The number of hydrogen-bond donors (Lipinski definition) is 2. The number of methoxy groups -OCH3 is 1. The van der Waals surface area contributed by atoms with Gasteiger partial charge >= 0.3 is 0 Å². The van der Waals surface area contributed by atoms with Crippen molar-refractivity contribution in [3.8, 4) is 0 Å². The molecule has 1 rings (SSSR count). The van der Waals surface area contributed by atoms with Crippen LogP contribution in [0.4, 0.5) is 4.39 Å². The van der Waals surface area contributed by atoms with Crippen LogP contribution < -0.4 is 10.6 Å². The minimum atomic E-state index is -0.192. The van der Waals surface area contributed by atoms with E-state index in [0.717, 1.165) is 36.6 Å². The highest BCUT2D eigenvalue weighted by atomic mass is 19.1. The molecule has 0 heterocycles. The van der Waals surface area contributed by atoms with Crippen molar-refractivity contribution >= 4 is 5.96 Å². The summed E-state index contributed by atoms with van der Waals surface area (Å²) in [5.41, 5.74) is 2.11. The Kier molecular flexibility index (Phi) is 9.99. The van der Waals surface area contributed by atoms with Gasteiger partial charge in [0.05, 0.1) is 26.4 Å². The number of nitrogens with one attached hydrogen (secondary N) is 2. The van der Waals surface area contributed by atoms with Gasteiger partial charge in [0.1, 0.15) is 5.82 Å². The molecule has 1 aromatic rings. The molecular weight excluding hydrogens is 297 g/mol. The zero-order chi connectivity index (χ0) is 16.9. The average Bonchev–Trinajstić information content (AvgIpc) is 2.52. The lowest BCUT2D eigenvalue weighted by molar-refractivity contribution is 0.0748. The standard InChI is InChI=1S/C17H28FN3O2/c1-4-19-17(21-9-10-23-12-11-22-3)20-8-7-15-5-6-16(18)13-14(15)2/h5-6,13H,4,7-12H2,1-3H3,(H2,19,20,21). The van der Waals surface area contributed by atoms with Gasteiger partial charge in [0.25, 0.3) is 0 Å². The molecule has 1 aromatic carbocycles. The third-order valence-corrected chi connectivity index (χ3v) is 3.27. The largest absolute Gasteiger partial charge is 0.382 e. The van der Waals surface area contributed by atoms with Gasteiger partial charge in [0.15, 0.2) is 5.96 Å². The first-order valence-corrected chi connectivity index (χ1v) is 8.01. The first kappa shape index (κ1) is 19.4. The Morgan fingerprint density at radius 3 is 2.74 bits per heavy atom. The molecular formula is C17H28FN3O2. The maximum absolute atomic E-state index is 13.1. The summed E-state index contributed by atoms with van der Waals surface area (Å²) in [5.74, 6) is 0.574. The van der Waals surface area contributed by atoms with Crippen molar-refractivity contribution in [3.63, 3.8) is 0 Å². The number of guanidine groups is 1. The first-order valence-electron chi connectivity index (χ1n) is 8.01. The number of aryl methyl sites for hydroxylation is 1. The van der Waals surface area contributed by atoms with E-state index < -0.39 is 0 Å². The first-order chi connectivity index (χ1) is 11.2. The summed E-state index contributed by atoms with van der Waals surface area (Å²) >= 11 is 0. The predicted molar refractivity (Wildman–Crippen MR) is 91.5 cm³/mol. The van der Waals surface area contributed by atoms with Crippen molar-refractivity contribution in [2.75, 3.05) is 46.6 Å². The minimum absolute atomic E-state index is 0.192. The van der Waals surface area contributed by atoms with E-state index in [1.54, 1.807) is 13.2 Å². The summed E-state index contributed by atoms with van der Waals surface area (Å²) in [6.07, 6.45) is 0.820. The fraction of sp³-hybridized carbons (Fsp3) is 0.588. The van der Waals surface area contributed by atoms with Crippen LogP contribution in [0.5, 0.6) is 0 Å². The van der Waals surface area contributed by atoms with Crippen molar-refractivity contribution in [2.24, 2.45) is 4.99 Å². The summed E-state index contributed by atoms with van der Waals surface area (Å²) in [4.78, 5) is 4.45. The zero-order valence-corrected chi connectivity index (χ0v) is 14.3. The second-order valence-corrected chi connectivity index (χ2v) is 5.11. The molecule has 0 saturated heterocycles. The molecule has 0 unspecified atom stereocenters. The van der Waals surface area contributed by atoms with Crippen LogP contribution in [-0.4, -0.2) is 52.5 Å². The second kappa shape index (κ2) is 11.8. The Bertz CT molecular complexity index is 481. The van der Waals surface area contributed by atoms with E-state index in [4.69, 9.17) is 9.47 Å². The van der Waals surface area contributed by atoms with Gasteiger partial charge in [-0.2, -0.15) is 0 Å². The summed E-state index contributed by atoms with van der Waals surface area (Å²) in [6.45, 7) is 7.82. The van der Waals surface area contributed by atoms with Gasteiger partial charge in [-0.05, 0) is 43.5 Å². The maximum atomic E-state index is 13.1. The molecule has 0 amide bonds. The van der Waals surface area contributed by atoms with Gasteiger partial charge in [-0.15, -0.1) is 0 Å². The number of benzene rings is 1. The van der Waals surface area contributed by atoms with Crippen molar-refractivity contribution in [1.82, 2.24) is 10.6 Å². The minimum Gasteiger partial charge on any atom is -0.382 e. The normalized spacial score (nSPS) is 11.6. The molecule has 130 valence electrons. The highest BCUT2D eigenvalue weighted by Gasteiger charge is 2.01.